The standard InChI is InChI=1S/C37H34FN3OS/c1-22-16-23(2)29(17-25(22)21-43-27-14-12-26(38)13-15-27)34-30(20-39)36(40)41(32-18-37(3,4)19-33(42)35(32)34)31-11-7-9-24-8-5-6-10-28(24)31/h5-17,34H,18-19,21,40H2,1-4H3. The molecular weight excluding hydrogens is 553 g/mol. The molecule has 0 saturated carbocycles. The van der Waals surface area contributed by atoms with Gasteiger partial charge in [-0.05, 0) is 83.7 Å². The lowest BCUT2D eigenvalue weighted by molar-refractivity contribution is -0.118. The highest BCUT2D eigenvalue weighted by atomic mass is 32.2. The number of nitrogens with two attached hydrogens (primary N) is 1. The predicted octanol–water partition coefficient (Wildman–Crippen LogP) is 8.83. The highest BCUT2D eigenvalue weighted by Crippen LogP contribution is 2.51. The highest BCUT2D eigenvalue weighted by Gasteiger charge is 2.45. The maximum absolute atomic E-state index is 14.1. The highest BCUT2D eigenvalue weighted by molar-refractivity contribution is 7.98. The van der Waals surface area contributed by atoms with Crippen molar-refractivity contribution in [1.82, 2.24) is 0 Å². The van der Waals surface area contributed by atoms with E-state index in [4.69, 9.17) is 5.73 Å². The van der Waals surface area contributed by atoms with Gasteiger partial charge in [0.1, 0.15) is 11.6 Å². The average Bonchev–Trinajstić information content (AvgIpc) is 2.96. The first-order valence-corrected chi connectivity index (χ1v) is 15.5. The minimum atomic E-state index is -0.551. The normalized spacial score (nSPS) is 18.2. The van der Waals surface area contributed by atoms with Crippen LogP contribution >= 0.6 is 11.8 Å². The molecule has 0 bridgehead atoms. The molecule has 4 nitrogen and oxygen atoms in total. The van der Waals surface area contributed by atoms with E-state index >= 15 is 0 Å². The molecule has 0 aromatic heterocycles. The Hall–Kier alpha value is -4.34. The van der Waals surface area contributed by atoms with Crippen molar-refractivity contribution < 1.29 is 9.18 Å². The molecule has 216 valence electrons. The van der Waals surface area contributed by atoms with E-state index < -0.39 is 5.92 Å². The minimum absolute atomic E-state index is 0.0592. The van der Waals surface area contributed by atoms with E-state index in [1.807, 2.05) is 36.1 Å². The lowest BCUT2D eigenvalue weighted by atomic mass is 9.68. The molecule has 0 amide bonds. The molecule has 1 aliphatic heterocycles. The Balaban J connectivity index is 1.53. The number of carbonyl (C=O) groups excluding carboxylic acids is 1. The summed E-state index contributed by atoms with van der Waals surface area (Å²) in [5, 5.41) is 12.7. The number of nitriles is 1. The minimum Gasteiger partial charge on any atom is -0.384 e. The number of anilines is 1. The molecule has 0 saturated heterocycles. The van der Waals surface area contributed by atoms with Gasteiger partial charge in [0, 0.05) is 33.7 Å². The van der Waals surface area contributed by atoms with Crippen LogP contribution in [0.4, 0.5) is 10.1 Å². The third-order valence-electron chi connectivity index (χ3n) is 8.63. The maximum Gasteiger partial charge on any atom is 0.162 e. The lowest BCUT2D eigenvalue weighted by Gasteiger charge is -2.44. The van der Waals surface area contributed by atoms with E-state index in [1.54, 1.807) is 23.9 Å². The number of fused-ring (bicyclic) bond motifs is 1. The number of hydrogen-bond donors (Lipinski definition) is 1. The van der Waals surface area contributed by atoms with E-state index in [2.05, 4.69) is 57.2 Å². The number of hydrogen-bond acceptors (Lipinski definition) is 5. The zero-order valence-corrected chi connectivity index (χ0v) is 25.7. The van der Waals surface area contributed by atoms with E-state index in [-0.39, 0.29) is 17.0 Å². The molecule has 1 atom stereocenters. The first-order chi connectivity index (χ1) is 20.6. The van der Waals surface area contributed by atoms with Crippen LogP contribution in [0.2, 0.25) is 0 Å². The van der Waals surface area contributed by atoms with Crippen molar-refractivity contribution in [2.75, 3.05) is 4.90 Å². The molecule has 2 N–H and O–H groups in total. The number of benzene rings is 4. The SMILES string of the molecule is Cc1cc(C)c(C2C(C#N)=C(N)N(c3cccc4ccccc34)C3=C2C(=O)CC(C)(C)C3)cc1CSc1ccc(F)cc1. The summed E-state index contributed by atoms with van der Waals surface area (Å²) in [4.78, 5) is 17.1. The zero-order valence-electron chi connectivity index (χ0n) is 24.9. The lowest BCUT2D eigenvalue weighted by Crippen LogP contribution is -2.42. The van der Waals surface area contributed by atoms with E-state index in [0.29, 0.717) is 35.6 Å². The number of aryl methyl sites for hydroxylation is 2. The average molecular weight is 588 g/mol. The second-order valence-electron chi connectivity index (χ2n) is 12.4. The summed E-state index contributed by atoms with van der Waals surface area (Å²) in [7, 11) is 0. The first kappa shape index (κ1) is 28.8. The molecule has 1 unspecified atom stereocenters. The van der Waals surface area contributed by atoms with Crippen molar-refractivity contribution in [1.29, 1.82) is 5.26 Å². The van der Waals surface area contributed by atoms with Crippen molar-refractivity contribution in [2.45, 2.75) is 57.1 Å². The molecule has 2 aliphatic rings. The smallest absolute Gasteiger partial charge is 0.162 e. The number of Topliss-reactive ketones (excluding diaryl/α,β-unsaturated/α-hetero) is 1. The fraction of sp³-hybridized carbons (Fsp3) is 0.243. The molecule has 0 radical (unpaired) electrons. The zero-order chi connectivity index (χ0) is 30.5. The van der Waals surface area contributed by atoms with Crippen molar-refractivity contribution >= 4 is 34.0 Å². The van der Waals surface area contributed by atoms with E-state index in [9.17, 15) is 14.4 Å². The molecular formula is C37H34FN3OS. The maximum atomic E-state index is 14.1. The van der Waals surface area contributed by atoms with Crippen LogP contribution in [0.25, 0.3) is 10.8 Å². The molecule has 1 aliphatic carbocycles. The van der Waals surface area contributed by atoms with Crippen molar-refractivity contribution in [3.8, 4) is 6.07 Å². The van der Waals surface area contributed by atoms with Crippen molar-refractivity contribution in [3.63, 3.8) is 0 Å². The van der Waals surface area contributed by atoms with Crippen LogP contribution < -0.4 is 10.6 Å². The molecule has 6 heteroatoms. The Kier molecular flexibility index (Phi) is 7.40. The number of allylic oxidation sites excluding steroid dienone is 3. The van der Waals surface area contributed by atoms with Gasteiger partial charge < -0.3 is 5.73 Å². The summed E-state index contributed by atoms with van der Waals surface area (Å²) in [5.74, 6) is 0.295. The quantitative estimate of drug-likeness (QED) is 0.236. The van der Waals surface area contributed by atoms with Crippen LogP contribution in [0, 0.1) is 36.4 Å². The van der Waals surface area contributed by atoms with Crippen LogP contribution in [0.5, 0.6) is 0 Å². The summed E-state index contributed by atoms with van der Waals surface area (Å²) in [5.41, 5.74) is 13.7. The molecule has 43 heavy (non-hydrogen) atoms. The third kappa shape index (κ3) is 5.23. The van der Waals surface area contributed by atoms with Gasteiger partial charge in [0.15, 0.2) is 5.78 Å². The van der Waals surface area contributed by atoms with Gasteiger partial charge in [-0.1, -0.05) is 62.4 Å². The summed E-state index contributed by atoms with van der Waals surface area (Å²) < 4.78 is 13.5. The summed E-state index contributed by atoms with van der Waals surface area (Å²) in [6, 6.07) is 27.4. The monoisotopic (exact) mass is 587 g/mol. The second-order valence-corrected chi connectivity index (χ2v) is 13.4. The Labute approximate surface area is 256 Å². The number of carbonyl (C=O) groups is 1. The molecule has 4 aromatic carbocycles. The Bertz CT molecular complexity index is 1880. The van der Waals surface area contributed by atoms with E-state index in [0.717, 1.165) is 49.3 Å². The van der Waals surface area contributed by atoms with Crippen LogP contribution in [0.1, 0.15) is 54.9 Å². The number of rotatable bonds is 5. The summed E-state index contributed by atoms with van der Waals surface area (Å²) >= 11 is 1.63. The van der Waals surface area contributed by atoms with Gasteiger partial charge in [0.2, 0.25) is 0 Å². The second kappa shape index (κ2) is 11.1. The van der Waals surface area contributed by atoms with Gasteiger partial charge in [0.05, 0.1) is 23.2 Å². The summed E-state index contributed by atoms with van der Waals surface area (Å²) in [6.07, 6.45) is 1.06. The van der Waals surface area contributed by atoms with Gasteiger partial charge in [-0.25, -0.2) is 4.39 Å². The van der Waals surface area contributed by atoms with E-state index in [1.165, 1.54) is 12.1 Å². The summed E-state index contributed by atoms with van der Waals surface area (Å²) in [6.45, 7) is 8.35. The molecule has 0 fully saturated rings. The van der Waals surface area contributed by atoms with Gasteiger partial charge in [-0.2, -0.15) is 5.26 Å². The molecule has 4 aromatic rings. The topological polar surface area (TPSA) is 70.1 Å². The van der Waals surface area contributed by atoms with Gasteiger partial charge in [0.25, 0.3) is 0 Å². The molecule has 0 spiro atoms. The number of thioether (sulfide) groups is 1. The van der Waals surface area contributed by atoms with Crippen LogP contribution in [0.15, 0.2) is 106 Å². The number of halogens is 1. The largest absolute Gasteiger partial charge is 0.384 e. The van der Waals surface area contributed by atoms with Gasteiger partial charge in [-0.3, -0.25) is 9.69 Å². The van der Waals surface area contributed by atoms with Crippen molar-refractivity contribution in [3.05, 3.63) is 130 Å². The Morgan fingerprint density at radius 2 is 1.72 bits per heavy atom. The third-order valence-corrected chi connectivity index (χ3v) is 9.69. The molecule has 6 rings (SSSR count). The Morgan fingerprint density at radius 1 is 1.00 bits per heavy atom. The van der Waals surface area contributed by atoms with Crippen molar-refractivity contribution in [2.24, 2.45) is 11.1 Å². The fourth-order valence-corrected chi connectivity index (χ4v) is 7.53. The van der Waals surface area contributed by atoms with Gasteiger partial charge in [-0.15, -0.1) is 11.8 Å². The van der Waals surface area contributed by atoms with Crippen LogP contribution in [0.3, 0.4) is 0 Å². The predicted molar refractivity (Wildman–Crippen MR) is 173 cm³/mol. The fourth-order valence-electron chi connectivity index (χ4n) is 6.57. The molecule has 1 heterocycles. The number of nitrogens with zero attached hydrogens (tertiary/aromatic N) is 2. The van der Waals surface area contributed by atoms with Crippen LogP contribution in [-0.4, -0.2) is 5.78 Å². The van der Waals surface area contributed by atoms with Gasteiger partial charge >= 0.3 is 0 Å². The first-order valence-electron chi connectivity index (χ1n) is 14.5. The number of ketones is 1. The van der Waals surface area contributed by atoms with Crippen LogP contribution in [-0.2, 0) is 10.5 Å². The Morgan fingerprint density at radius 3 is 2.47 bits per heavy atom.